The first kappa shape index (κ1) is 26.3. The fourth-order valence-electron chi connectivity index (χ4n) is 3.13. The molecule has 1 aromatic carbocycles. The lowest BCUT2D eigenvalue weighted by Crippen LogP contribution is -2.09. The van der Waals surface area contributed by atoms with Crippen LogP contribution in [0.5, 0.6) is 5.75 Å². The minimum Gasteiger partial charge on any atom is -0.490 e. The molecule has 34 heavy (non-hydrogen) atoms. The highest BCUT2D eigenvalue weighted by Crippen LogP contribution is 2.35. The molecule has 2 aromatic rings. The molecule has 0 fully saturated rings. The van der Waals surface area contributed by atoms with Crippen LogP contribution in [0.1, 0.15) is 43.2 Å². The molecule has 0 atom stereocenters. The molecule has 11 heteroatoms. The van der Waals surface area contributed by atoms with Gasteiger partial charge in [0.05, 0.1) is 36.4 Å². The molecule has 2 heterocycles. The van der Waals surface area contributed by atoms with Crippen molar-refractivity contribution in [3.05, 3.63) is 45.3 Å². The standard InChI is InChI=1S/C23H28Cl2N2O7/c1-16(28)31-10-9-29-15-30-14-18-13-19(34-27-18)5-3-2-4-7-32-22-20(24)11-17(12-21(22)25)23-26-6-8-33-23/h11-13H,2-10,14-15H2,1H3. The van der Waals surface area contributed by atoms with Crippen molar-refractivity contribution in [1.29, 1.82) is 0 Å². The number of aromatic nitrogens is 1. The molecule has 1 aliphatic rings. The van der Waals surface area contributed by atoms with Crippen molar-refractivity contribution in [2.75, 3.05) is 39.8 Å². The lowest BCUT2D eigenvalue weighted by Gasteiger charge is -2.11. The average molecular weight is 515 g/mol. The Morgan fingerprint density at radius 3 is 2.62 bits per heavy atom. The van der Waals surface area contributed by atoms with Gasteiger partial charge in [-0.2, -0.15) is 0 Å². The number of aliphatic imine (C=N–C) groups is 1. The molecule has 0 saturated carbocycles. The number of carbonyl (C=O) groups is 1. The van der Waals surface area contributed by atoms with Gasteiger partial charge in [-0.3, -0.25) is 4.79 Å². The second kappa shape index (κ2) is 14.2. The summed E-state index contributed by atoms with van der Waals surface area (Å²) in [6, 6.07) is 5.38. The van der Waals surface area contributed by atoms with Crippen LogP contribution < -0.4 is 4.74 Å². The summed E-state index contributed by atoms with van der Waals surface area (Å²) in [4.78, 5) is 14.9. The third-order valence-electron chi connectivity index (χ3n) is 4.70. The summed E-state index contributed by atoms with van der Waals surface area (Å²) in [5.74, 6) is 1.49. The Labute approximate surface area is 208 Å². The molecule has 3 rings (SSSR count). The highest BCUT2D eigenvalue weighted by atomic mass is 35.5. The van der Waals surface area contributed by atoms with Crippen LogP contribution in [0, 0.1) is 0 Å². The van der Waals surface area contributed by atoms with Crippen molar-refractivity contribution >= 4 is 35.1 Å². The molecule has 9 nitrogen and oxygen atoms in total. The number of benzene rings is 1. The van der Waals surface area contributed by atoms with Gasteiger partial charge in [-0.1, -0.05) is 28.4 Å². The average Bonchev–Trinajstić information content (AvgIpc) is 3.49. The third kappa shape index (κ3) is 8.79. The highest BCUT2D eigenvalue weighted by molar-refractivity contribution is 6.37. The van der Waals surface area contributed by atoms with Crippen LogP contribution in [0.25, 0.3) is 0 Å². The number of rotatable bonds is 15. The van der Waals surface area contributed by atoms with Crippen molar-refractivity contribution in [3.8, 4) is 5.75 Å². The third-order valence-corrected chi connectivity index (χ3v) is 5.26. The van der Waals surface area contributed by atoms with Crippen molar-refractivity contribution in [2.24, 2.45) is 4.99 Å². The van der Waals surface area contributed by atoms with Gasteiger partial charge in [0.25, 0.3) is 0 Å². The molecular formula is C23H28Cl2N2O7. The summed E-state index contributed by atoms with van der Waals surface area (Å²) in [5.41, 5.74) is 1.45. The van der Waals surface area contributed by atoms with Gasteiger partial charge in [-0.05, 0) is 31.4 Å². The minimum absolute atomic E-state index is 0.0861. The number of unbranched alkanes of at least 4 members (excludes halogenated alkanes) is 2. The molecule has 1 aromatic heterocycles. The van der Waals surface area contributed by atoms with E-state index in [1.807, 2.05) is 6.07 Å². The molecule has 1 aliphatic heterocycles. The van der Waals surface area contributed by atoms with Crippen molar-refractivity contribution in [2.45, 2.75) is 39.2 Å². The summed E-state index contributed by atoms with van der Waals surface area (Å²) in [7, 11) is 0. The number of nitrogens with zero attached hydrogens (tertiary/aromatic N) is 2. The zero-order chi connectivity index (χ0) is 24.2. The Kier molecular flexibility index (Phi) is 10.9. The number of ether oxygens (including phenoxy) is 5. The Morgan fingerprint density at radius 1 is 1.06 bits per heavy atom. The van der Waals surface area contributed by atoms with E-state index in [1.165, 1.54) is 6.92 Å². The van der Waals surface area contributed by atoms with Crippen LogP contribution >= 0.6 is 23.2 Å². The van der Waals surface area contributed by atoms with Crippen molar-refractivity contribution in [1.82, 2.24) is 5.16 Å². The minimum atomic E-state index is -0.336. The van der Waals surface area contributed by atoms with E-state index in [4.69, 9.17) is 51.4 Å². The first-order valence-electron chi connectivity index (χ1n) is 11.1. The van der Waals surface area contributed by atoms with Gasteiger partial charge >= 0.3 is 5.97 Å². The SMILES string of the molecule is CC(=O)OCCOCOCc1cc(CCCCCOc2c(Cl)cc(C3=NCCO3)cc2Cl)on1. The molecule has 0 unspecified atom stereocenters. The molecule has 0 aliphatic carbocycles. The van der Waals surface area contributed by atoms with Crippen LogP contribution in [0.2, 0.25) is 10.0 Å². The first-order valence-corrected chi connectivity index (χ1v) is 11.8. The van der Waals surface area contributed by atoms with E-state index in [9.17, 15) is 4.79 Å². The van der Waals surface area contributed by atoms with E-state index >= 15 is 0 Å². The van der Waals surface area contributed by atoms with Crippen LogP contribution in [0.4, 0.5) is 0 Å². The summed E-state index contributed by atoms with van der Waals surface area (Å²) in [6.07, 6.45) is 3.49. The maximum atomic E-state index is 10.6. The number of aryl methyl sites for hydroxylation is 1. The largest absolute Gasteiger partial charge is 0.490 e. The quantitative estimate of drug-likeness (QED) is 0.193. The molecule has 0 spiro atoms. The summed E-state index contributed by atoms with van der Waals surface area (Å²) in [5, 5.41) is 4.86. The zero-order valence-corrected chi connectivity index (χ0v) is 20.5. The van der Waals surface area contributed by atoms with E-state index < -0.39 is 0 Å². The second-order valence-corrected chi connectivity index (χ2v) is 8.28. The van der Waals surface area contributed by atoms with E-state index in [2.05, 4.69) is 10.1 Å². The smallest absolute Gasteiger partial charge is 0.302 e. The molecule has 0 amide bonds. The maximum Gasteiger partial charge on any atom is 0.302 e. The van der Waals surface area contributed by atoms with E-state index in [-0.39, 0.29) is 32.6 Å². The predicted octanol–water partition coefficient (Wildman–Crippen LogP) is 4.60. The van der Waals surface area contributed by atoms with Gasteiger partial charge < -0.3 is 28.2 Å². The Hall–Kier alpha value is -2.33. The van der Waals surface area contributed by atoms with Gasteiger partial charge in [-0.25, -0.2) is 4.99 Å². The molecule has 0 saturated heterocycles. The van der Waals surface area contributed by atoms with E-state index in [0.717, 1.165) is 37.0 Å². The summed E-state index contributed by atoms with van der Waals surface area (Å²) >= 11 is 12.7. The van der Waals surface area contributed by atoms with E-state index in [0.29, 0.717) is 47.1 Å². The van der Waals surface area contributed by atoms with Crippen LogP contribution in [-0.4, -0.2) is 56.8 Å². The van der Waals surface area contributed by atoms with Crippen LogP contribution in [-0.2, 0) is 36.8 Å². The molecular weight excluding hydrogens is 487 g/mol. The topological polar surface area (TPSA) is 102 Å². The molecule has 186 valence electrons. The number of hydrogen-bond donors (Lipinski definition) is 0. The number of halogens is 2. The number of esters is 1. The van der Waals surface area contributed by atoms with Gasteiger partial charge in [0, 0.05) is 25.0 Å². The number of carbonyl (C=O) groups excluding carboxylic acids is 1. The fraction of sp³-hybridized carbons (Fsp3) is 0.522. The van der Waals surface area contributed by atoms with Crippen LogP contribution in [0.3, 0.4) is 0 Å². The monoisotopic (exact) mass is 514 g/mol. The van der Waals surface area contributed by atoms with Gasteiger partial charge in [0.2, 0.25) is 5.90 Å². The van der Waals surface area contributed by atoms with Crippen molar-refractivity contribution < 1.29 is 33.0 Å². The summed E-state index contributed by atoms with van der Waals surface area (Å²) in [6.45, 7) is 3.91. The normalized spacial score (nSPS) is 13.0. The van der Waals surface area contributed by atoms with Gasteiger partial charge in [0.15, 0.2) is 5.75 Å². The van der Waals surface area contributed by atoms with E-state index in [1.54, 1.807) is 12.1 Å². The number of hydrogen-bond acceptors (Lipinski definition) is 9. The summed E-state index contributed by atoms with van der Waals surface area (Å²) < 4.78 is 31.9. The first-order chi connectivity index (χ1) is 16.5. The molecule has 0 radical (unpaired) electrons. The molecule has 0 bridgehead atoms. The predicted molar refractivity (Wildman–Crippen MR) is 126 cm³/mol. The molecule has 0 N–H and O–H groups in total. The van der Waals surface area contributed by atoms with Gasteiger partial charge in [-0.15, -0.1) is 0 Å². The Morgan fingerprint density at radius 2 is 1.88 bits per heavy atom. The van der Waals surface area contributed by atoms with Crippen LogP contribution in [0.15, 0.2) is 27.7 Å². The van der Waals surface area contributed by atoms with Crippen molar-refractivity contribution in [3.63, 3.8) is 0 Å². The fourth-order valence-corrected chi connectivity index (χ4v) is 3.73. The van der Waals surface area contributed by atoms with Gasteiger partial charge in [0.1, 0.15) is 31.5 Å². The second-order valence-electron chi connectivity index (χ2n) is 7.46. The maximum absolute atomic E-state index is 10.6. The lowest BCUT2D eigenvalue weighted by atomic mass is 10.1. The zero-order valence-electron chi connectivity index (χ0n) is 19.0. The Balaban J connectivity index is 1.27. The Bertz CT molecular complexity index is 942. The highest BCUT2D eigenvalue weighted by Gasteiger charge is 2.16. The lowest BCUT2D eigenvalue weighted by molar-refractivity contribution is -0.144.